The molecule has 1 N–H and O–H groups in total. The molecule has 0 saturated carbocycles. The first-order valence-electron chi connectivity index (χ1n) is 5.72. The van der Waals surface area contributed by atoms with Crippen molar-refractivity contribution in [3.63, 3.8) is 0 Å². The number of anilines is 1. The number of nitrogens with one attached hydrogen (secondary N) is 1. The first kappa shape index (κ1) is 14.3. The van der Waals surface area contributed by atoms with Crippen LogP contribution in [0.2, 0.25) is 0 Å². The zero-order valence-corrected chi connectivity index (χ0v) is 13.2. The van der Waals surface area contributed by atoms with E-state index in [4.69, 9.17) is 4.74 Å². The minimum Gasteiger partial charge on any atom is -0.492 e. The van der Waals surface area contributed by atoms with Crippen LogP contribution in [0.15, 0.2) is 51.4 Å². The van der Waals surface area contributed by atoms with Gasteiger partial charge in [0.15, 0.2) is 0 Å². The maximum atomic E-state index is 13.3. The molecule has 0 aromatic heterocycles. The van der Waals surface area contributed by atoms with Gasteiger partial charge in [0.1, 0.15) is 18.2 Å². The summed E-state index contributed by atoms with van der Waals surface area (Å²) in [5, 5.41) is 3.22. The number of ether oxygens (including phenoxy) is 1. The van der Waals surface area contributed by atoms with Crippen molar-refractivity contribution in [3.8, 4) is 5.75 Å². The molecule has 0 aliphatic carbocycles. The molecule has 2 aromatic carbocycles. The lowest BCUT2D eigenvalue weighted by Gasteiger charge is -2.09. The summed E-state index contributed by atoms with van der Waals surface area (Å²) >= 11 is 6.51. The van der Waals surface area contributed by atoms with E-state index in [9.17, 15) is 4.39 Å². The van der Waals surface area contributed by atoms with Gasteiger partial charge in [0.2, 0.25) is 0 Å². The van der Waals surface area contributed by atoms with Crippen LogP contribution in [-0.2, 0) is 0 Å². The van der Waals surface area contributed by atoms with Crippen LogP contribution in [0.25, 0.3) is 0 Å². The van der Waals surface area contributed by atoms with Gasteiger partial charge in [0.05, 0.1) is 4.47 Å². The Labute approximate surface area is 128 Å². The summed E-state index contributed by atoms with van der Waals surface area (Å²) in [4.78, 5) is 0. The fraction of sp³-hybridized carbons (Fsp3) is 0.143. The van der Waals surface area contributed by atoms with Crippen molar-refractivity contribution in [1.29, 1.82) is 0 Å². The van der Waals surface area contributed by atoms with Crippen molar-refractivity contribution in [2.75, 3.05) is 18.5 Å². The van der Waals surface area contributed by atoms with E-state index in [1.165, 1.54) is 6.07 Å². The van der Waals surface area contributed by atoms with Gasteiger partial charge in [-0.3, -0.25) is 0 Å². The topological polar surface area (TPSA) is 21.3 Å². The third-order valence-corrected chi connectivity index (χ3v) is 3.55. The predicted molar refractivity (Wildman–Crippen MR) is 82.2 cm³/mol. The Bertz CT molecular complexity index is 563. The SMILES string of the molecule is Fc1cc(OCCNc2cccc(Br)c2)ccc1Br. The molecule has 0 amide bonds. The lowest BCUT2D eigenvalue weighted by Crippen LogP contribution is -2.11. The molecule has 0 heterocycles. The van der Waals surface area contributed by atoms with Crippen LogP contribution in [0.1, 0.15) is 0 Å². The second-order valence-electron chi connectivity index (χ2n) is 3.86. The van der Waals surface area contributed by atoms with Crippen molar-refractivity contribution >= 4 is 37.5 Å². The van der Waals surface area contributed by atoms with Gasteiger partial charge in [0.25, 0.3) is 0 Å². The number of rotatable bonds is 5. The number of halogens is 3. The zero-order valence-electron chi connectivity index (χ0n) is 10.00. The van der Waals surface area contributed by atoms with Crippen LogP contribution in [-0.4, -0.2) is 13.2 Å². The molecule has 5 heteroatoms. The molecule has 0 saturated heterocycles. The molecule has 100 valence electrons. The molecule has 0 spiro atoms. The second-order valence-corrected chi connectivity index (χ2v) is 5.63. The number of hydrogen-bond acceptors (Lipinski definition) is 2. The minimum absolute atomic E-state index is 0.322. The summed E-state index contributed by atoms with van der Waals surface area (Å²) in [6, 6.07) is 12.6. The fourth-order valence-electron chi connectivity index (χ4n) is 1.53. The molecule has 0 unspecified atom stereocenters. The third-order valence-electron chi connectivity index (χ3n) is 2.42. The van der Waals surface area contributed by atoms with Crippen LogP contribution in [0.5, 0.6) is 5.75 Å². The van der Waals surface area contributed by atoms with E-state index >= 15 is 0 Å². The average Bonchev–Trinajstić information content (AvgIpc) is 2.39. The first-order chi connectivity index (χ1) is 9.15. The predicted octanol–water partition coefficient (Wildman–Crippen LogP) is 4.84. The minimum atomic E-state index is -0.322. The Hall–Kier alpha value is -1.07. The molecule has 0 aliphatic rings. The van der Waals surface area contributed by atoms with E-state index < -0.39 is 0 Å². The highest BCUT2D eigenvalue weighted by Crippen LogP contribution is 2.21. The molecule has 19 heavy (non-hydrogen) atoms. The van der Waals surface area contributed by atoms with Gasteiger partial charge >= 0.3 is 0 Å². The van der Waals surface area contributed by atoms with Gasteiger partial charge < -0.3 is 10.1 Å². The average molecular weight is 389 g/mol. The van der Waals surface area contributed by atoms with E-state index in [1.807, 2.05) is 24.3 Å². The second kappa shape index (κ2) is 6.91. The standard InChI is InChI=1S/C14H12Br2FNO/c15-10-2-1-3-11(8-10)18-6-7-19-12-4-5-13(16)14(17)9-12/h1-5,8-9,18H,6-7H2. The summed E-state index contributed by atoms with van der Waals surface area (Å²) < 4.78 is 20.2. The Morgan fingerprint density at radius 3 is 2.68 bits per heavy atom. The van der Waals surface area contributed by atoms with Gasteiger partial charge in [-0.2, -0.15) is 0 Å². The van der Waals surface area contributed by atoms with Crippen LogP contribution in [0, 0.1) is 5.82 Å². The quantitative estimate of drug-likeness (QED) is 0.740. The van der Waals surface area contributed by atoms with Gasteiger partial charge in [-0.05, 0) is 46.3 Å². The Morgan fingerprint density at radius 1 is 1.11 bits per heavy atom. The summed E-state index contributed by atoms with van der Waals surface area (Å²) in [6.45, 7) is 1.11. The van der Waals surface area contributed by atoms with Gasteiger partial charge in [0, 0.05) is 22.8 Å². The molecule has 0 aliphatic heterocycles. The maximum absolute atomic E-state index is 13.3. The van der Waals surface area contributed by atoms with E-state index in [2.05, 4.69) is 37.2 Å². The van der Waals surface area contributed by atoms with Crippen LogP contribution in [0.4, 0.5) is 10.1 Å². The largest absolute Gasteiger partial charge is 0.492 e. The van der Waals surface area contributed by atoms with Crippen molar-refractivity contribution in [3.05, 3.63) is 57.2 Å². The fourth-order valence-corrected chi connectivity index (χ4v) is 2.18. The summed E-state index contributed by atoms with van der Waals surface area (Å²) in [7, 11) is 0. The highest BCUT2D eigenvalue weighted by molar-refractivity contribution is 9.10. The monoisotopic (exact) mass is 387 g/mol. The molecule has 0 atom stereocenters. The maximum Gasteiger partial charge on any atom is 0.141 e. The zero-order chi connectivity index (χ0) is 13.7. The van der Waals surface area contributed by atoms with Crippen molar-refractivity contribution in [2.24, 2.45) is 0 Å². The molecule has 0 bridgehead atoms. The molecule has 2 rings (SSSR count). The van der Waals surface area contributed by atoms with Crippen LogP contribution >= 0.6 is 31.9 Å². The summed E-state index contributed by atoms with van der Waals surface area (Å²) in [5.41, 5.74) is 1.01. The van der Waals surface area contributed by atoms with E-state index in [0.717, 1.165) is 10.2 Å². The molecule has 2 nitrogen and oxygen atoms in total. The lowest BCUT2D eigenvalue weighted by atomic mass is 10.3. The van der Waals surface area contributed by atoms with Crippen LogP contribution in [0.3, 0.4) is 0 Å². The van der Waals surface area contributed by atoms with E-state index in [1.54, 1.807) is 12.1 Å². The van der Waals surface area contributed by atoms with Gasteiger partial charge in [-0.15, -0.1) is 0 Å². The Balaban J connectivity index is 1.79. The van der Waals surface area contributed by atoms with Gasteiger partial charge in [-0.1, -0.05) is 22.0 Å². The number of benzene rings is 2. The molecular weight excluding hydrogens is 377 g/mol. The van der Waals surface area contributed by atoms with E-state index in [-0.39, 0.29) is 5.82 Å². The van der Waals surface area contributed by atoms with Crippen molar-refractivity contribution in [1.82, 2.24) is 0 Å². The highest BCUT2D eigenvalue weighted by Gasteiger charge is 2.01. The number of hydrogen-bond donors (Lipinski definition) is 1. The molecule has 0 fully saturated rings. The first-order valence-corrected chi connectivity index (χ1v) is 7.31. The Morgan fingerprint density at radius 2 is 1.95 bits per heavy atom. The normalized spacial score (nSPS) is 10.3. The van der Waals surface area contributed by atoms with E-state index in [0.29, 0.717) is 23.4 Å². The summed E-state index contributed by atoms with van der Waals surface area (Å²) in [6.07, 6.45) is 0. The molecule has 2 aromatic rings. The smallest absolute Gasteiger partial charge is 0.141 e. The van der Waals surface area contributed by atoms with Crippen molar-refractivity contribution in [2.45, 2.75) is 0 Å². The van der Waals surface area contributed by atoms with Crippen molar-refractivity contribution < 1.29 is 9.13 Å². The Kier molecular flexibility index (Phi) is 5.22. The molecular formula is C14H12Br2FNO. The highest BCUT2D eigenvalue weighted by atomic mass is 79.9. The lowest BCUT2D eigenvalue weighted by molar-refractivity contribution is 0.331. The van der Waals surface area contributed by atoms with Crippen LogP contribution < -0.4 is 10.1 Å². The molecule has 0 radical (unpaired) electrons. The van der Waals surface area contributed by atoms with Gasteiger partial charge in [-0.25, -0.2) is 4.39 Å². The summed E-state index contributed by atoms with van der Waals surface area (Å²) in [5.74, 6) is 0.203. The third kappa shape index (κ3) is 4.51.